The Balaban J connectivity index is 2.13. The second-order valence-corrected chi connectivity index (χ2v) is 5.28. The number of rotatable bonds is 2. The summed E-state index contributed by atoms with van der Waals surface area (Å²) in [5.74, 6) is 1.25. The fourth-order valence-electron chi connectivity index (χ4n) is 2.45. The molecule has 0 aliphatic heterocycles. The zero-order valence-corrected chi connectivity index (χ0v) is 11.0. The molecule has 0 amide bonds. The maximum atomic E-state index is 12.2. The molecule has 1 aliphatic rings. The van der Waals surface area contributed by atoms with Gasteiger partial charge in [0.1, 0.15) is 11.4 Å². The summed E-state index contributed by atoms with van der Waals surface area (Å²) in [4.78, 5) is 19.2. The van der Waals surface area contributed by atoms with Crippen molar-refractivity contribution in [2.45, 2.75) is 26.2 Å². The van der Waals surface area contributed by atoms with Gasteiger partial charge in [-0.2, -0.15) is 4.98 Å². The van der Waals surface area contributed by atoms with Crippen molar-refractivity contribution < 1.29 is 5.11 Å². The van der Waals surface area contributed by atoms with Crippen molar-refractivity contribution in [3.8, 4) is 17.0 Å². The molecule has 1 aromatic heterocycles. The molecular formula is C15H16N2O2. The Morgan fingerprint density at radius 1 is 1.37 bits per heavy atom. The van der Waals surface area contributed by atoms with Gasteiger partial charge in [0, 0.05) is 5.92 Å². The number of aryl methyl sites for hydroxylation is 1. The minimum atomic E-state index is -0.268. The SMILES string of the molecule is Cc1ccccc1-c1c(O)nc(C2CC2C)[nH]c1=O. The molecule has 1 aromatic carbocycles. The molecule has 0 bridgehead atoms. The highest BCUT2D eigenvalue weighted by Crippen LogP contribution is 2.45. The average Bonchev–Trinajstić information content (AvgIpc) is 3.08. The fraction of sp³-hybridized carbons (Fsp3) is 0.333. The van der Waals surface area contributed by atoms with E-state index in [1.54, 1.807) is 0 Å². The third-order valence-electron chi connectivity index (χ3n) is 3.79. The number of benzene rings is 1. The number of nitrogens with zero attached hydrogens (tertiary/aromatic N) is 1. The molecule has 2 aromatic rings. The minimum absolute atomic E-state index is 0.174. The van der Waals surface area contributed by atoms with Gasteiger partial charge < -0.3 is 10.1 Å². The monoisotopic (exact) mass is 256 g/mol. The van der Waals surface area contributed by atoms with Gasteiger partial charge in [-0.25, -0.2) is 0 Å². The van der Waals surface area contributed by atoms with Crippen molar-refractivity contribution in [3.63, 3.8) is 0 Å². The minimum Gasteiger partial charge on any atom is -0.493 e. The normalized spacial score (nSPS) is 21.4. The van der Waals surface area contributed by atoms with E-state index < -0.39 is 0 Å². The van der Waals surface area contributed by atoms with Gasteiger partial charge in [0.05, 0.1) is 0 Å². The Bertz CT molecular complexity index is 691. The summed E-state index contributed by atoms with van der Waals surface area (Å²) < 4.78 is 0. The maximum Gasteiger partial charge on any atom is 0.262 e. The molecule has 4 nitrogen and oxygen atoms in total. The molecule has 1 saturated carbocycles. The van der Waals surface area contributed by atoms with E-state index in [1.807, 2.05) is 31.2 Å². The van der Waals surface area contributed by atoms with Crippen LogP contribution in [0, 0.1) is 12.8 Å². The number of nitrogens with one attached hydrogen (secondary N) is 1. The molecule has 2 unspecified atom stereocenters. The molecule has 2 N–H and O–H groups in total. The largest absolute Gasteiger partial charge is 0.493 e. The van der Waals surface area contributed by atoms with Crippen molar-refractivity contribution in [2.24, 2.45) is 5.92 Å². The predicted molar refractivity (Wildman–Crippen MR) is 73.2 cm³/mol. The second-order valence-electron chi connectivity index (χ2n) is 5.28. The summed E-state index contributed by atoms with van der Waals surface area (Å²) in [5, 5.41) is 10.1. The first kappa shape index (κ1) is 12.0. The Hall–Kier alpha value is -2.10. The van der Waals surface area contributed by atoms with Crippen LogP contribution in [-0.2, 0) is 0 Å². The summed E-state index contributed by atoms with van der Waals surface area (Å²) in [7, 11) is 0. The summed E-state index contributed by atoms with van der Waals surface area (Å²) in [5.41, 5.74) is 1.66. The summed E-state index contributed by atoms with van der Waals surface area (Å²) in [6.07, 6.45) is 1.02. The summed E-state index contributed by atoms with van der Waals surface area (Å²) in [6, 6.07) is 7.47. The highest BCUT2D eigenvalue weighted by atomic mass is 16.3. The van der Waals surface area contributed by atoms with Gasteiger partial charge in [-0.15, -0.1) is 0 Å². The third-order valence-corrected chi connectivity index (χ3v) is 3.79. The lowest BCUT2D eigenvalue weighted by Gasteiger charge is -2.08. The average molecular weight is 256 g/mol. The zero-order chi connectivity index (χ0) is 13.6. The van der Waals surface area contributed by atoms with Gasteiger partial charge in [-0.3, -0.25) is 4.79 Å². The molecule has 98 valence electrons. The number of hydrogen-bond acceptors (Lipinski definition) is 3. The Morgan fingerprint density at radius 2 is 2.05 bits per heavy atom. The number of aromatic nitrogens is 2. The van der Waals surface area contributed by atoms with Crippen molar-refractivity contribution in [3.05, 3.63) is 46.0 Å². The molecule has 0 radical (unpaired) electrons. The van der Waals surface area contributed by atoms with Crippen molar-refractivity contribution in [1.29, 1.82) is 0 Å². The number of hydrogen-bond donors (Lipinski definition) is 2. The first-order valence-corrected chi connectivity index (χ1v) is 6.47. The molecule has 1 heterocycles. The third kappa shape index (κ3) is 2.03. The summed E-state index contributed by atoms with van der Waals surface area (Å²) >= 11 is 0. The van der Waals surface area contributed by atoms with Gasteiger partial charge in [0.25, 0.3) is 5.56 Å². The lowest BCUT2D eigenvalue weighted by atomic mass is 10.0. The zero-order valence-electron chi connectivity index (χ0n) is 11.0. The van der Waals surface area contributed by atoms with E-state index in [0.29, 0.717) is 11.7 Å². The smallest absolute Gasteiger partial charge is 0.262 e. The lowest BCUT2D eigenvalue weighted by Crippen LogP contribution is -2.14. The Kier molecular flexibility index (Phi) is 2.66. The maximum absolute atomic E-state index is 12.2. The fourth-order valence-corrected chi connectivity index (χ4v) is 2.45. The molecule has 1 fully saturated rings. The van der Waals surface area contributed by atoms with Gasteiger partial charge in [-0.1, -0.05) is 31.2 Å². The van der Waals surface area contributed by atoms with Crippen LogP contribution in [0.5, 0.6) is 5.88 Å². The van der Waals surface area contributed by atoms with Crippen LogP contribution >= 0.6 is 0 Å². The van der Waals surface area contributed by atoms with Gasteiger partial charge >= 0.3 is 0 Å². The standard InChI is InChI=1S/C15H16N2O2/c1-8-5-3-4-6-10(8)12-14(18)16-13(17-15(12)19)11-7-9(11)2/h3-6,9,11H,7H2,1-2H3,(H2,16,17,18,19). The molecule has 4 heteroatoms. The van der Waals surface area contributed by atoms with Crippen LogP contribution in [0.15, 0.2) is 29.1 Å². The molecular weight excluding hydrogens is 240 g/mol. The Morgan fingerprint density at radius 3 is 2.63 bits per heavy atom. The first-order chi connectivity index (χ1) is 9.08. The summed E-state index contributed by atoms with van der Waals surface area (Å²) in [6.45, 7) is 4.02. The van der Waals surface area contributed by atoms with Gasteiger partial charge in [0.2, 0.25) is 5.88 Å². The molecule has 3 rings (SSSR count). The molecule has 0 saturated heterocycles. The van der Waals surface area contributed by atoms with E-state index in [0.717, 1.165) is 17.5 Å². The quantitative estimate of drug-likeness (QED) is 0.867. The number of aromatic hydroxyl groups is 1. The van der Waals surface area contributed by atoms with Crippen LogP contribution < -0.4 is 5.56 Å². The molecule has 0 spiro atoms. The predicted octanol–water partition coefficient (Wildman–Crippen LogP) is 2.57. The van der Waals surface area contributed by atoms with Crippen LogP contribution in [0.25, 0.3) is 11.1 Å². The van der Waals surface area contributed by atoms with Crippen LogP contribution in [0.1, 0.15) is 30.7 Å². The van der Waals surface area contributed by atoms with Crippen LogP contribution in [0.2, 0.25) is 0 Å². The van der Waals surface area contributed by atoms with Crippen LogP contribution in [0.3, 0.4) is 0 Å². The Labute approximate surface area is 111 Å². The first-order valence-electron chi connectivity index (χ1n) is 6.47. The van der Waals surface area contributed by atoms with Crippen molar-refractivity contribution in [1.82, 2.24) is 9.97 Å². The lowest BCUT2D eigenvalue weighted by molar-refractivity contribution is 0.449. The van der Waals surface area contributed by atoms with E-state index in [-0.39, 0.29) is 22.9 Å². The highest BCUT2D eigenvalue weighted by Gasteiger charge is 2.37. The van der Waals surface area contributed by atoms with Crippen molar-refractivity contribution in [2.75, 3.05) is 0 Å². The van der Waals surface area contributed by atoms with E-state index in [1.165, 1.54) is 0 Å². The van der Waals surface area contributed by atoms with Crippen LogP contribution in [-0.4, -0.2) is 15.1 Å². The molecule has 1 aliphatic carbocycles. The number of aromatic amines is 1. The van der Waals surface area contributed by atoms with E-state index in [4.69, 9.17) is 0 Å². The van der Waals surface area contributed by atoms with E-state index in [2.05, 4.69) is 16.9 Å². The van der Waals surface area contributed by atoms with Gasteiger partial charge in [-0.05, 0) is 30.4 Å². The molecule has 2 atom stereocenters. The number of H-pyrrole nitrogens is 1. The van der Waals surface area contributed by atoms with Crippen LogP contribution in [0.4, 0.5) is 0 Å². The topological polar surface area (TPSA) is 66.0 Å². The van der Waals surface area contributed by atoms with E-state index >= 15 is 0 Å². The molecule has 19 heavy (non-hydrogen) atoms. The van der Waals surface area contributed by atoms with E-state index in [9.17, 15) is 9.90 Å². The highest BCUT2D eigenvalue weighted by molar-refractivity contribution is 5.70. The van der Waals surface area contributed by atoms with Gasteiger partial charge in [0.15, 0.2) is 0 Å². The van der Waals surface area contributed by atoms with Crippen molar-refractivity contribution >= 4 is 0 Å². The second kappa shape index (κ2) is 4.23.